The first-order chi connectivity index (χ1) is 7.45. The Hall–Kier alpha value is 0.110. The van der Waals surface area contributed by atoms with Crippen molar-refractivity contribution in [2.24, 2.45) is 5.41 Å². The highest BCUT2D eigenvalue weighted by Crippen LogP contribution is 2.36. The average Bonchev–Trinajstić information content (AvgIpc) is 2.11. The van der Waals surface area contributed by atoms with E-state index >= 15 is 0 Å². The lowest BCUT2D eigenvalue weighted by molar-refractivity contribution is -0.122. The quantitative estimate of drug-likeness (QED) is 0.523. The molecule has 0 aliphatic carbocycles. The fraction of sp³-hybridized carbons (Fsp3) is 0.786. The molecule has 0 aromatic heterocycles. The van der Waals surface area contributed by atoms with Crippen molar-refractivity contribution in [3.8, 4) is 0 Å². The zero-order valence-corrected chi connectivity index (χ0v) is 14.1. The molecule has 0 aliphatic rings. The molecule has 0 atom stereocenters. The van der Waals surface area contributed by atoms with Crippen molar-refractivity contribution < 1.29 is 4.79 Å². The Labute approximate surface area is 115 Å². The highest BCUT2D eigenvalue weighted by atomic mass is 33.1. The zero-order chi connectivity index (χ0) is 13.9. The SMILES string of the molecule is CC(CSSC(C)(C)C)=C(C)C(=O)C(C)(C)C. The number of carbonyl (C=O) groups is 1. The van der Waals surface area contributed by atoms with Crippen LogP contribution < -0.4 is 0 Å². The first-order valence-corrected chi connectivity index (χ1v) is 8.29. The number of carbonyl (C=O) groups excluding carboxylic acids is 1. The van der Waals surface area contributed by atoms with E-state index in [1.165, 1.54) is 5.57 Å². The minimum absolute atomic E-state index is 0.261. The Bertz CT molecular complexity index is 303. The Morgan fingerprint density at radius 2 is 1.47 bits per heavy atom. The Kier molecular flexibility index (Phi) is 6.37. The van der Waals surface area contributed by atoms with E-state index in [4.69, 9.17) is 0 Å². The van der Waals surface area contributed by atoms with E-state index in [1.807, 2.05) is 49.3 Å². The molecule has 17 heavy (non-hydrogen) atoms. The second-order valence-corrected chi connectivity index (χ2v) is 9.57. The summed E-state index contributed by atoms with van der Waals surface area (Å²) >= 11 is 0. The standard InChI is InChI=1S/C14H26OS2/c1-10(9-16-17-14(6,7)8)11(2)12(15)13(3,4)5/h9H2,1-8H3. The van der Waals surface area contributed by atoms with Gasteiger partial charge in [0.05, 0.1) is 0 Å². The third kappa shape index (κ3) is 7.20. The Balaban J connectivity index is 4.47. The third-order valence-corrected chi connectivity index (χ3v) is 5.62. The Morgan fingerprint density at radius 3 is 1.82 bits per heavy atom. The molecule has 0 heterocycles. The molecule has 0 spiro atoms. The lowest BCUT2D eigenvalue weighted by Crippen LogP contribution is -2.22. The van der Waals surface area contributed by atoms with Gasteiger partial charge in [0.2, 0.25) is 0 Å². The van der Waals surface area contributed by atoms with Crippen molar-refractivity contribution in [1.29, 1.82) is 0 Å². The molecule has 0 saturated carbocycles. The van der Waals surface area contributed by atoms with E-state index in [-0.39, 0.29) is 15.9 Å². The van der Waals surface area contributed by atoms with Crippen LogP contribution >= 0.6 is 21.6 Å². The monoisotopic (exact) mass is 274 g/mol. The number of hydrogen-bond acceptors (Lipinski definition) is 3. The van der Waals surface area contributed by atoms with Crippen LogP contribution in [0.2, 0.25) is 0 Å². The van der Waals surface area contributed by atoms with Crippen LogP contribution in [0.15, 0.2) is 11.1 Å². The molecule has 100 valence electrons. The summed E-state index contributed by atoms with van der Waals surface area (Å²) in [7, 11) is 3.70. The molecule has 0 amide bonds. The normalized spacial score (nSPS) is 14.6. The van der Waals surface area contributed by atoms with Crippen LogP contribution in [0.5, 0.6) is 0 Å². The minimum atomic E-state index is -0.271. The molecule has 0 aliphatic heterocycles. The van der Waals surface area contributed by atoms with Gasteiger partial charge >= 0.3 is 0 Å². The van der Waals surface area contributed by atoms with E-state index in [9.17, 15) is 4.79 Å². The fourth-order valence-corrected chi connectivity index (χ4v) is 3.73. The molecule has 1 nitrogen and oxygen atoms in total. The van der Waals surface area contributed by atoms with Gasteiger partial charge in [0.25, 0.3) is 0 Å². The first kappa shape index (κ1) is 17.1. The summed E-state index contributed by atoms with van der Waals surface area (Å²) in [4.78, 5) is 12.1. The maximum absolute atomic E-state index is 12.1. The van der Waals surface area contributed by atoms with E-state index < -0.39 is 0 Å². The van der Waals surface area contributed by atoms with Gasteiger partial charge in [0.1, 0.15) is 0 Å². The van der Waals surface area contributed by atoms with Crippen LogP contribution in [0, 0.1) is 5.41 Å². The molecule has 0 saturated heterocycles. The highest BCUT2D eigenvalue weighted by Gasteiger charge is 2.23. The van der Waals surface area contributed by atoms with E-state index in [1.54, 1.807) is 0 Å². The van der Waals surface area contributed by atoms with E-state index in [0.29, 0.717) is 0 Å². The summed E-state index contributed by atoms with van der Waals surface area (Å²) in [5, 5.41) is 0. The largest absolute Gasteiger partial charge is 0.294 e. The highest BCUT2D eigenvalue weighted by molar-refractivity contribution is 8.77. The second-order valence-electron chi connectivity index (χ2n) is 6.44. The predicted octanol–water partition coefficient (Wildman–Crippen LogP) is 5.12. The molecule has 0 aromatic rings. The summed E-state index contributed by atoms with van der Waals surface area (Å²) in [6.45, 7) is 16.6. The summed E-state index contributed by atoms with van der Waals surface area (Å²) in [5.41, 5.74) is 1.86. The van der Waals surface area contributed by atoms with Gasteiger partial charge < -0.3 is 0 Å². The van der Waals surface area contributed by atoms with Gasteiger partial charge in [0, 0.05) is 15.9 Å². The summed E-state index contributed by atoms with van der Waals surface area (Å²) in [6, 6.07) is 0. The van der Waals surface area contributed by atoms with E-state index in [0.717, 1.165) is 11.3 Å². The molecule has 3 heteroatoms. The average molecular weight is 274 g/mol. The molecule has 0 N–H and O–H groups in total. The van der Waals surface area contributed by atoms with E-state index in [2.05, 4.69) is 27.7 Å². The van der Waals surface area contributed by atoms with Crippen LogP contribution in [0.25, 0.3) is 0 Å². The van der Waals surface area contributed by atoms with Gasteiger partial charge in [-0.1, -0.05) is 68.7 Å². The smallest absolute Gasteiger partial charge is 0.163 e. The van der Waals surface area contributed by atoms with Crippen LogP contribution in [-0.2, 0) is 4.79 Å². The molecule has 0 unspecified atom stereocenters. The van der Waals surface area contributed by atoms with Crippen molar-refractivity contribution in [3.63, 3.8) is 0 Å². The summed E-state index contributed by atoms with van der Waals surface area (Å²) in [6.07, 6.45) is 0. The first-order valence-electron chi connectivity index (χ1n) is 5.97. The van der Waals surface area contributed by atoms with Crippen LogP contribution in [0.3, 0.4) is 0 Å². The zero-order valence-electron chi connectivity index (χ0n) is 12.4. The van der Waals surface area contributed by atoms with Gasteiger partial charge in [-0.3, -0.25) is 4.79 Å². The van der Waals surface area contributed by atoms with Gasteiger partial charge in [-0.15, -0.1) is 0 Å². The molecule has 0 rings (SSSR count). The number of allylic oxidation sites excluding steroid dienone is 1. The van der Waals surface area contributed by atoms with Crippen molar-refractivity contribution >= 4 is 27.4 Å². The van der Waals surface area contributed by atoms with Crippen LogP contribution in [0.1, 0.15) is 55.4 Å². The van der Waals surface area contributed by atoms with Crippen molar-refractivity contribution in [1.82, 2.24) is 0 Å². The van der Waals surface area contributed by atoms with Gasteiger partial charge in [0.15, 0.2) is 5.78 Å². The van der Waals surface area contributed by atoms with Crippen molar-refractivity contribution in [2.45, 2.75) is 60.1 Å². The third-order valence-electron chi connectivity index (χ3n) is 2.25. The molecular formula is C14H26OS2. The number of Topliss-reactive ketones (excluding diaryl/α,β-unsaturated/α-hetero) is 1. The van der Waals surface area contributed by atoms with Gasteiger partial charge in [-0.25, -0.2) is 0 Å². The number of rotatable bonds is 4. The predicted molar refractivity (Wildman–Crippen MR) is 82.6 cm³/mol. The molecular weight excluding hydrogens is 248 g/mol. The Morgan fingerprint density at radius 1 is 1.00 bits per heavy atom. The maximum Gasteiger partial charge on any atom is 0.163 e. The van der Waals surface area contributed by atoms with Gasteiger partial charge in [-0.2, -0.15) is 0 Å². The number of ketones is 1. The lowest BCUT2D eigenvalue weighted by Gasteiger charge is -2.20. The van der Waals surface area contributed by atoms with Crippen molar-refractivity contribution in [3.05, 3.63) is 11.1 Å². The van der Waals surface area contributed by atoms with Crippen molar-refractivity contribution in [2.75, 3.05) is 5.75 Å². The van der Waals surface area contributed by atoms with Crippen LogP contribution in [-0.4, -0.2) is 16.3 Å². The lowest BCUT2D eigenvalue weighted by atomic mass is 9.85. The fourth-order valence-electron chi connectivity index (χ4n) is 1.16. The molecule has 0 radical (unpaired) electrons. The molecule has 0 aromatic carbocycles. The number of hydrogen-bond donors (Lipinski definition) is 0. The topological polar surface area (TPSA) is 17.1 Å². The summed E-state index contributed by atoms with van der Waals surface area (Å²) in [5.74, 6) is 1.19. The summed E-state index contributed by atoms with van der Waals surface area (Å²) < 4.78 is 0.271. The second kappa shape index (κ2) is 6.33. The molecule has 0 fully saturated rings. The minimum Gasteiger partial charge on any atom is -0.294 e. The van der Waals surface area contributed by atoms with Gasteiger partial charge in [-0.05, 0) is 19.4 Å². The molecule has 0 bridgehead atoms. The van der Waals surface area contributed by atoms with Crippen LogP contribution in [0.4, 0.5) is 0 Å². The maximum atomic E-state index is 12.1.